The highest BCUT2D eigenvalue weighted by atomic mass is 16.5. The summed E-state index contributed by atoms with van der Waals surface area (Å²) in [5.41, 5.74) is 3.38. The monoisotopic (exact) mass is 453 g/mol. The first-order chi connectivity index (χ1) is 16.6. The number of ether oxygens (including phenoxy) is 1. The number of rotatable bonds is 9. The summed E-state index contributed by atoms with van der Waals surface area (Å²) in [7, 11) is 1.61. The van der Waals surface area contributed by atoms with Crippen LogP contribution in [-0.2, 0) is 11.3 Å². The number of carbonyl (C=O) groups is 1. The van der Waals surface area contributed by atoms with Gasteiger partial charge in [-0.05, 0) is 35.7 Å². The van der Waals surface area contributed by atoms with Gasteiger partial charge in [-0.25, -0.2) is 4.68 Å². The van der Waals surface area contributed by atoms with Crippen LogP contribution in [0.15, 0.2) is 102 Å². The van der Waals surface area contributed by atoms with Crippen molar-refractivity contribution < 1.29 is 9.53 Å². The summed E-state index contributed by atoms with van der Waals surface area (Å²) in [5.74, 6) is 0.648. The highest BCUT2D eigenvalue weighted by Crippen LogP contribution is 2.23. The highest BCUT2D eigenvalue weighted by molar-refractivity contribution is 5.77. The predicted octanol–water partition coefficient (Wildman–Crippen LogP) is 4.60. The van der Waals surface area contributed by atoms with Gasteiger partial charge in [-0.15, -0.1) is 0 Å². The molecule has 1 N–H and O–H groups in total. The van der Waals surface area contributed by atoms with Crippen LogP contribution in [0.25, 0.3) is 11.3 Å². The van der Waals surface area contributed by atoms with Crippen molar-refractivity contribution >= 4 is 5.91 Å². The number of nitrogens with one attached hydrogen (secondary N) is 1. The number of hydrogen-bond acceptors (Lipinski definition) is 4. The van der Waals surface area contributed by atoms with Crippen molar-refractivity contribution in [2.24, 2.45) is 0 Å². The number of amides is 1. The zero-order chi connectivity index (χ0) is 23.8. The lowest BCUT2D eigenvalue weighted by Crippen LogP contribution is -2.30. The molecule has 1 amide bonds. The zero-order valence-corrected chi connectivity index (χ0v) is 19.1. The van der Waals surface area contributed by atoms with Crippen molar-refractivity contribution in [1.29, 1.82) is 0 Å². The maximum absolute atomic E-state index is 12.8. The van der Waals surface area contributed by atoms with E-state index >= 15 is 0 Å². The van der Waals surface area contributed by atoms with Gasteiger partial charge in [0.1, 0.15) is 5.75 Å². The lowest BCUT2D eigenvalue weighted by molar-refractivity contribution is -0.121. The van der Waals surface area contributed by atoms with Crippen LogP contribution in [0.5, 0.6) is 5.75 Å². The fourth-order valence-corrected chi connectivity index (χ4v) is 3.82. The van der Waals surface area contributed by atoms with Crippen LogP contribution >= 0.6 is 0 Å². The Morgan fingerprint density at radius 2 is 1.59 bits per heavy atom. The predicted molar refractivity (Wildman–Crippen MR) is 133 cm³/mol. The molecule has 0 saturated carbocycles. The van der Waals surface area contributed by atoms with E-state index in [-0.39, 0.29) is 23.9 Å². The van der Waals surface area contributed by atoms with E-state index in [2.05, 4.69) is 10.4 Å². The van der Waals surface area contributed by atoms with Crippen LogP contribution in [0.1, 0.15) is 30.0 Å². The Hall–Kier alpha value is -4.19. The Morgan fingerprint density at radius 1 is 0.912 bits per heavy atom. The van der Waals surface area contributed by atoms with Crippen LogP contribution in [0, 0.1) is 0 Å². The number of benzene rings is 3. The Labute approximate surface area is 198 Å². The molecule has 0 unspecified atom stereocenters. The first-order valence-electron chi connectivity index (χ1n) is 11.3. The largest absolute Gasteiger partial charge is 0.497 e. The fourth-order valence-electron chi connectivity index (χ4n) is 3.82. The molecule has 0 saturated heterocycles. The highest BCUT2D eigenvalue weighted by Gasteiger charge is 2.16. The first kappa shape index (κ1) is 23.0. The second-order valence-electron chi connectivity index (χ2n) is 7.94. The third-order valence-electron chi connectivity index (χ3n) is 5.58. The Bertz CT molecular complexity index is 1250. The minimum Gasteiger partial charge on any atom is -0.497 e. The molecule has 4 aromatic rings. The second-order valence-corrected chi connectivity index (χ2v) is 7.94. The van der Waals surface area contributed by atoms with E-state index in [1.807, 2.05) is 84.9 Å². The third-order valence-corrected chi connectivity index (χ3v) is 5.58. The van der Waals surface area contributed by atoms with Gasteiger partial charge in [-0.3, -0.25) is 9.59 Å². The molecular formula is C28H27N3O3. The van der Waals surface area contributed by atoms with E-state index in [0.29, 0.717) is 18.7 Å². The van der Waals surface area contributed by atoms with Crippen LogP contribution in [0.3, 0.4) is 0 Å². The maximum Gasteiger partial charge on any atom is 0.266 e. The Morgan fingerprint density at radius 3 is 2.24 bits per heavy atom. The lowest BCUT2D eigenvalue weighted by Gasteiger charge is -2.20. The van der Waals surface area contributed by atoms with E-state index in [9.17, 15) is 9.59 Å². The molecule has 0 fully saturated rings. The average molecular weight is 454 g/mol. The van der Waals surface area contributed by atoms with Gasteiger partial charge >= 0.3 is 0 Å². The Kier molecular flexibility index (Phi) is 7.50. The number of hydrogen-bond donors (Lipinski definition) is 1. The van der Waals surface area contributed by atoms with Gasteiger partial charge < -0.3 is 10.1 Å². The van der Waals surface area contributed by atoms with Gasteiger partial charge in [0.15, 0.2) is 0 Å². The Balaban J connectivity index is 1.42. The van der Waals surface area contributed by atoms with Crippen molar-refractivity contribution in [2.75, 3.05) is 7.11 Å². The molecule has 0 radical (unpaired) electrons. The van der Waals surface area contributed by atoms with Gasteiger partial charge in [0, 0.05) is 24.6 Å². The summed E-state index contributed by atoms with van der Waals surface area (Å²) in [6.45, 7) is 0.353. The first-order valence-corrected chi connectivity index (χ1v) is 11.3. The van der Waals surface area contributed by atoms with E-state index in [1.54, 1.807) is 13.2 Å². The molecule has 0 spiro atoms. The van der Waals surface area contributed by atoms with Crippen molar-refractivity contribution in [2.45, 2.75) is 25.4 Å². The van der Waals surface area contributed by atoms with E-state index in [0.717, 1.165) is 22.4 Å². The van der Waals surface area contributed by atoms with E-state index in [1.165, 1.54) is 10.7 Å². The maximum atomic E-state index is 12.8. The van der Waals surface area contributed by atoms with Crippen LogP contribution in [-0.4, -0.2) is 22.8 Å². The summed E-state index contributed by atoms with van der Waals surface area (Å²) in [4.78, 5) is 25.1. The number of carbonyl (C=O) groups excluding carboxylic acids is 1. The summed E-state index contributed by atoms with van der Waals surface area (Å²) >= 11 is 0. The van der Waals surface area contributed by atoms with Gasteiger partial charge in [-0.1, -0.05) is 72.8 Å². The number of aryl methyl sites for hydroxylation is 1. The quantitative estimate of drug-likeness (QED) is 0.402. The fraction of sp³-hybridized carbons (Fsp3) is 0.179. The van der Waals surface area contributed by atoms with Crippen LogP contribution in [0.2, 0.25) is 0 Å². The molecule has 1 heterocycles. The third kappa shape index (κ3) is 5.78. The SMILES string of the molecule is COc1cccc(-c2ccc(=O)n(CCCC(=O)NC(c3ccccc3)c3ccccc3)n2)c1. The normalized spacial score (nSPS) is 10.8. The number of methoxy groups -OCH3 is 1. The smallest absolute Gasteiger partial charge is 0.266 e. The van der Waals surface area contributed by atoms with Crippen molar-refractivity contribution in [1.82, 2.24) is 15.1 Å². The van der Waals surface area contributed by atoms with Crippen LogP contribution < -0.4 is 15.6 Å². The molecule has 0 bridgehead atoms. The molecule has 4 rings (SSSR count). The summed E-state index contributed by atoms with van der Waals surface area (Å²) in [5, 5.41) is 7.63. The summed E-state index contributed by atoms with van der Waals surface area (Å²) in [6, 6.07) is 30.3. The molecule has 3 aromatic carbocycles. The minimum absolute atomic E-state index is 0.0743. The molecule has 0 aliphatic carbocycles. The lowest BCUT2D eigenvalue weighted by atomic mass is 9.98. The minimum atomic E-state index is -0.230. The molecule has 172 valence electrons. The van der Waals surface area contributed by atoms with Crippen molar-refractivity contribution in [3.05, 3.63) is 119 Å². The second kappa shape index (κ2) is 11.1. The number of aromatic nitrogens is 2. The average Bonchev–Trinajstić information content (AvgIpc) is 2.89. The van der Waals surface area contributed by atoms with Crippen LogP contribution in [0.4, 0.5) is 0 Å². The molecular weight excluding hydrogens is 426 g/mol. The van der Waals surface area contributed by atoms with Crippen molar-refractivity contribution in [3.8, 4) is 17.0 Å². The topological polar surface area (TPSA) is 73.2 Å². The van der Waals surface area contributed by atoms with Gasteiger partial charge in [0.2, 0.25) is 5.91 Å². The van der Waals surface area contributed by atoms with Gasteiger partial charge in [0.05, 0.1) is 18.8 Å². The molecule has 34 heavy (non-hydrogen) atoms. The van der Waals surface area contributed by atoms with Crippen molar-refractivity contribution in [3.63, 3.8) is 0 Å². The summed E-state index contributed by atoms with van der Waals surface area (Å²) in [6.07, 6.45) is 0.782. The molecule has 0 aliphatic rings. The van der Waals surface area contributed by atoms with E-state index in [4.69, 9.17) is 4.74 Å². The number of nitrogens with zero attached hydrogens (tertiary/aromatic N) is 2. The summed E-state index contributed by atoms with van der Waals surface area (Å²) < 4.78 is 6.69. The van der Waals surface area contributed by atoms with Gasteiger partial charge in [0.25, 0.3) is 5.56 Å². The molecule has 0 aliphatic heterocycles. The standard InChI is InChI=1S/C28H27N3O3/c1-34-24-15-8-14-23(20-24)25-17-18-27(33)31(30-25)19-9-16-26(32)29-28(21-10-4-2-5-11-21)22-12-6-3-7-13-22/h2-8,10-15,17-18,20,28H,9,16,19H2,1H3,(H,29,32). The molecule has 6 nitrogen and oxygen atoms in total. The molecule has 0 atom stereocenters. The van der Waals surface area contributed by atoms with Gasteiger partial charge in [-0.2, -0.15) is 5.10 Å². The molecule has 6 heteroatoms. The molecule has 1 aromatic heterocycles. The zero-order valence-electron chi connectivity index (χ0n) is 19.1. The van der Waals surface area contributed by atoms with E-state index < -0.39 is 0 Å².